The molecule has 0 spiro atoms. The van der Waals surface area contributed by atoms with E-state index in [9.17, 15) is 14.4 Å². The van der Waals surface area contributed by atoms with Crippen LogP contribution in [0.15, 0.2) is 41.8 Å². The van der Waals surface area contributed by atoms with Crippen LogP contribution < -0.4 is 33.1 Å². The van der Waals surface area contributed by atoms with Gasteiger partial charge in [-0.3, -0.25) is 19.4 Å². The predicted octanol–water partition coefficient (Wildman–Crippen LogP) is -0.0581. The molecule has 3 rings (SSSR count). The van der Waals surface area contributed by atoms with Gasteiger partial charge in [0.2, 0.25) is 0 Å². The zero-order valence-corrected chi connectivity index (χ0v) is 19.5. The zero-order valence-electron chi connectivity index (χ0n) is 19.5. The molecule has 0 fully saturated rings. The minimum atomic E-state index is -0.405. The number of aromatic nitrogens is 3. The van der Waals surface area contributed by atoms with Crippen LogP contribution in [0.3, 0.4) is 0 Å². The number of hydrogen-bond acceptors (Lipinski definition) is 7. The highest BCUT2D eigenvalue weighted by molar-refractivity contribution is 6.07. The number of aryl methyl sites for hydroxylation is 3. The minimum Gasteiger partial charge on any atom is -0.397 e. The molecule has 0 aliphatic rings. The molecule has 0 saturated heterocycles. The van der Waals surface area contributed by atoms with Crippen LogP contribution in [-0.4, -0.2) is 50.9 Å². The summed E-state index contributed by atoms with van der Waals surface area (Å²) < 4.78 is 4.80. The van der Waals surface area contributed by atoms with Crippen molar-refractivity contribution in [1.29, 1.82) is 0 Å². The monoisotopic (exact) mass is 484 g/mol. The van der Waals surface area contributed by atoms with Crippen molar-refractivity contribution in [3.8, 4) is 0 Å². The number of amides is 3. The van der Waals surface area contributed by atoms with E-state index in [4.69, 9.17) is 11.6 Å². The van der Waals surface area contributed by atoms with Crippen LogP contribution >= 0.6 is 0 Å². The number of nitrogens with two attached hydrogens (primary N) is 2. The first-order chi connectivity index (χ1) is 16.7. The number of rotatable bonds is 10. The van der Waals surface area contributed by atoms with Gasteiger partial charge < -0.3 is 35.4 Å². The van der Waals surface area contributed by atoms with Crippen LogP contribution in [0.2, 0.25) is 0 Å². The van der Waals surface area contributed by atoms with Crippen LogP contribution in [0, 0.1) is 0 Å². The Labute approximate surface area is 200 Å². The highest BCUT2D eigenvalue weighted by atomic mass is 16.8. The van der Waals surface area contributed by atoms with Gasteiger partial charge in [-0.25, -0.2) is 5.48 Å². The lowest BCUT2D eigenvalue weighted by atomic mass is 10.3. The molecule has 0 aromatic carbocycles. The molecule has 3 heterocycles. The Bertz CT molecular complexity index is 1250. The number of carbonyl (C=O) groups is 3. The second-order valence-corrected chi connectivity index (χ2v) is 7.65. The van der Waals surface area contributed by atoms with E-state index >= 15 is 0 Å². The van der Waals surface area contributed by atoms with Crippen LogP contribution in [-0.2, 0) is 26.1 Å². The first-order valence-electron chi connectivity index (χ1n) is 10.4. The van der Waals surface area contributed by atoms with Crippen LogP contribution in [0.25, 0.3) is 0 Å². The molecule has 0 aliphatic carbocycles. The highest BCUT2D eigenvalue weighted by Gasteiger charge is 2.18. The van der Waals surface area contributed by atoms with Gasteiger partial charge in [0.25, 0.3) is 17.7 Å². The molecule has 0 saturated carbocycles. The van der Waals surface area contributed by atoms with Gasteiger partial charge >= 0.3 is 0 Å². The standard InChI is InChI=1S/C21H28N10O4/c1-29-9-13(22)6-16(29)20(33)27-15-8-18(31(3)11-15)21(34)28-14-7-17(30(2)10-14)19(32)25-5-4-24-12-26-35-23/h6-12H,4-5,22-23H2,1-3H3,(H,24,26)(H,25,32)(H,27,33)(H,28,34). The van der Waals surface area contributed by atoms with Gasteiger partial charge in [-0.2, -0.15) is 10.8 Å². The first kappa shape index (κ1) is 25.1. The number of carbonyl (C=O) groups excluding carboxylic acids is 3. The molecule has 0 atom stereocenters. The van der Waals surface area contributed by atoms with Crippen LogP contribution in [0.4, 0.5) is 17.1 Å². The summed E-state index contributed by atoms with van der Waals surface area (Å²) in [7, 11) is 5.10. The van der Waals surface area contributed by atoms with Crippen LogP contribution in [0.5, 0.6) is 0 Å². The predicted molar refractivity (Wildman–Crippen MR) is 131 cm³/mol. The average Bonchev–Trinajstić information content (AvgIpc) is 3.46. The Morgan fingerprint density at radius 2 is 1.40 bits per heavy atom. The van der Waals surface area contributed by atoms with Gasteiger partial charge in [0.05, 0.1) is 23.6 Å². The molecule has 0 aliphatic heterocycles. The maximum atomic E-state index is 12.8. The van der Waals surface area contributed by atoms with Crippen molar-refractivity contribution in [2.24, 2.45) is 32.0 Å². The Hall–Kier alpha value is -4.56. The molecule has 3 aromatic heterocycles. The molecule has 3 aromatic rings. The fourth-order valence-electron chi connectivity index (χ4n) is 3.38. The SMILES string of the molecule is Cn1cc(NC(=O)c2cc(NC(=O)c3cc(N)cn3C)cn2C)cc1C(=O)NCCN=CNON. The Morgan fingerprint density at radius 1 is 0.886 bits per heavy atom. The summed E-state index contributed by atoms with van der Waals surface area (Å²) in [5.41, 5.74) is 10.4. The third-order valence-corrected chi connectivity index (χ3v) is 4.99. The average molecular weight is 485 g/mol. The third kappa shape index (κ3) is 6.27. The third-order valence-electron chi connectivity index (χ3n) is 4.99. The lowest BCUT2D eigenvalue weighted by molar-refractivity contribution is 0.0899. The Kier molecular flexibility index (Phi) is 7.91. The molecule has 14 nitrogen and oxygen atoms in total. The summed E-state index contributed by atoms with van der Waals surface area (Å²) in [6.45, 7) is 0.613. The largest absolute Gasteiger partial charge is 0.397 e. The van der Waals surface area contributed by atoms with E-state index in [1.54, 1.807) is 71.6 Å². The van der Waals surface area contributed by atoms with E-state index in [0.29, 0.717) is 47.2 Å². The molecule has 0 unspecified atom stereocenters. The Balaban J connectivity index is 1.61. The van der Waals surface area contributed by atoms with Crippen LogP contribution in [0.1, 0.15) is 31.5 Å². The zero-order chi connectivity index (χ0) is 25.5. The number of anilines is 3. The van der Waals surface area contributed by atoms with Crippen molar-refractivity contribution < 1.29 is 19.3 Å². The lowest BCUT2D eigenvalue weighted by Gasteiger charge is -2.04. The summed E-state index contributed by atoms with van der Waals surface area (Å²) >= 11 is 0. The van der Waals surface area contributed by atoms with Crippen molar-refractivity contribution in [2.75, 3.05) is 29.5 Å². The summed E-state index contributed by atoms with van der Waals surface area (Å²) in [5, 5.41) is 8.25. The number of hydroxylamine groups is 1. The van der Waals surface area contributed by atoms with Crippen molar-refractivity contribution >= 4 is 41.1 Å². The second-order valence-electron chi connectivity index (χ2n) is 7.65. The molecule has 0 bridgehead atoms. The summed E-state index contributed by atoms with van der Waals surface area (Å²) in [6, 6.07) is 4.68. The number of aliphatic imine (C=N–C) groups is 1. The quantitative estimate of drug-likeness (QED) is 0.101. The van der Waals surface area contributed by atoms with Gasteiger partial charge in [0.1, 0.15) is 23.4 Å². The molecule has 0 radical (unpaired) electrons. The van der Waals surface area contributed by atoms with E-state index in [-0.39, 0.29) is 11.8 Å². The van der Waals surface area contributed by atoms with Gasteiger partial charge in [-0.15, -0.1) is 0 Å². The number of hydrogen-bond donors (Lipinski definition) is 6. The van der Waals surface area contributed by atoms with Crippen molar-refractivity contribution in [3.05, 3.63) is 53.9 Å². The maximum absolute atomic E-state index is 12.8. The molecular formula is C21H28N10O4. The van der Waals surface area contributed by atoms with Gasteiger partial charge in [-0.05, 0) is 18.2 Å². The first-order valence-corrected chi connectivity index (χ1v) is 10.4. The van der Waals surface area contributed by atoms with Crippen molar-refractivity contribution in [3.63, 3.8) is 0 Å². The summed E-state index contributed by atoms with van der Waals surface area (Å²) in [4.78, 5) is 45.8. The Morgan fingerprint density at radius 3 is 1.91 bits per heavy atom. The van der Waals surface area contributed by atoms with E-state index in [0.717, 1.165) is 0 Å². The molecular weight excluding hydrogens is 456 g/mol. The fourth-order valence-corrected chi connectivity index (χ4v) is 3.38. The van der Waals surface area contributed by atoms with Gasteiger partial charge in [0.15, 0.2) is 0 Å². The van der Waals surface area contributed by atoms with Crippen molar-refractivity contribution in [2.45, 2.75) is 0 Å². The van der Waals surface area contributed by atoms with E-state index in [1.807, 2.05) is 0 Å². The molecule has 186 valence electrons. The van der Waals surface area contributed by atoms with Gasteiger partial charge in [-0.1, -0.05) is 0 Å². The topological polar surface area (TPSA) is 188 Å². The number of nitrogen functional groups attached to an aromatic ring is 1. The summed E-state index contributed by atoms with van der Waals surface area (Å²) in [5.74, 6) is 3.71. The number of nitrogens with zero attached hydrogens (tertiary/aromatic N) is 4. The molecule has 3 amide bonds. The van der Waals surface area contributed by atoms with E-state index < -0.39 is 5.91 Å². The van der Waals surface area contributed by atoms with E-state index in [1.165, 1.54) is 6.34 Å². The summed E-state index contributed by atoms with van der Waals surface area (Å²) in [6.07, 6.45) is 6.15. The van der Waals surface area contributed by atoms with Gasteiger partial charge in [0, 0.05) is 46.3 Å². The normalized spacial score (nSPS) is 11.0. The number of nitrogens with one attached hydrogen (secondary N) is 4. The minimum absolute atomic E-state index is 0.293. The maximum Gasteiger partial charge on any atom is 0.272 e. The molecule has 14 heteroatoms. The fraction of sp³-hybridized carbons (Fsp3) is 0.238. The molecule has 8 N–H and O–H groups in total. The second kappa shape index (κ2) is 11.0. The van der Waals surface area contributed by atoms with Crippen molar-refractivity contribution in [1.82, 2.24) is 24.5 Å². The van der Waals surface area contributed by atoms with E-state index in [2.05, 4.69) is 31.4 Å². The molecule has 35 heavy (non-hydrogen) atoms. The highest BCUT2D eigenvalue weighted by Crippen LogP contribution is 2.19. The smallest absolute Gasteiger partial charge is 0.272 e. The lowest BCUT2D eigenvalue weighted by Crippen LogP contribution is -2.28.